The van der Waals surface area contributed by atoms with Gasteiger partial charge in [-0.05, 0) is 51.4 Å². The Kier molecular flexibility index (Phi) is 17.7. The first-order chi connectivity index (χ1) is 20.8. The maximum absolute atomic E-state index is 12.4. The van der Waals surface area contributed by atoms with Gasteiger partial charge in [0, 0.05) is 63.2 Å². The Hall–Kier alpha value is -4.24. The third kappa shape index (κ3) is 17.7. The van der Waals surface area contributed by atoms with Gasteiger partial charge in [-0.25, -0.2) is 0 Å². The molecular formula is C28H40O16. The molecule has 1 saturated carbocycles. The topological polar surface area (TPSA) is 254 Å². The number of carbonyl (C=O) groups is 8. The molecule has 16 heteroatoms. The zero-order chi connectivity index (χ0) is 33.1. The number of carbonyl (C=O) groups excluding carboxylic acids is 4. The van der Waals surface area contributed by atoms with Crippen LogP contribution in [-0.4, -0.2) is 80.8 Å². The van der Waals surface area contributed by atoms with Gasteiger partial charge in [0.05, 0.1) is 0 Å². The van der Waals surface area contributed by atoms with E-state index in [1.165, 1.54) is 0 Å². The lowest BCUT2D eigenvalue weighted by molar-refractivity contribution is -0.211. The van der Waals surface area contributed by atoms with E-state index >= 15 is 0 Å². The molecule has 1 rings (SSSR count). The van der Waals surface area contributed by atoms with Crippen LogP contribution in [0.4, 0.5) is 0 Å². The zero-order valence-electron chi connectivity index (χ0n) is 24.3. The molecule has 0 spiro atoms. The molecule has 0 bridgehead atoms. The lowest BCUT2D eigenvalue weighted by atomic mass is 9.81. The van der Waals surface area contributed by atoms with Crippen LogP contribution in [0, 0.1) is 11.8 Å². The summed E-state index contributed by atoms with van der Waals surface area (Å²) < 4.78 is 21.5. The Morgan fingerprint density at radius 1 is 0.409 bits per heavy atom. The second-order valence-corrected chi connectivity index (χ2v) is 10.4. The fourth-order valence-corrected chi connectivity index (χ4v) is 4.41. The number of rotatable bonds is 22. The van der Waals surface area contributed by atoms with Crippen LogP contribution in [0.2, 0.25) is 0 Å². The summed E-state index contributed by atoms with van der Waals surface area (Å²) in [5, 5.41) is 35.1. The van der Waals surface area contributed by atoms with Gasteiger partial charge in [-0.2, -0.15) is 0 Å². The Morgan fingerprint density at radius 3 is 0.795 bits per heavy atom. The summed E-state index contributed by atoms with van der Waals surface area (Å²) in [6.45, 7) is 0. The highest BCUT2D eigenvalue weighted by molar-refractivity contribution is 5.74. The van der Waals surface area contributed by atoms with E-state index in [-0.39, 0.29) is 103 Å². The highest BCUT2D eigenvalue weighted by Gasteiger charge is 2.38. The number of carboxylic acid groups (broad SMARTS) is 4. The van der Waals surface area contributed by atoms with Crippen molar-refractivity contribution < 1.29 is 77.7 Å². The molecule has 16 nitrogen and oxygen atoms in total. The van der Waals surface area contributed by atoms with Crippen molar-refractivity contribution in [3.8, 4) is 0 Å². The molecule has 4 N–H and O–H groups in total. The standard InChI is InChI=1S/C28H40O16/c29-19(30)5-1-9-23(37)41-27(42-24(38)10-2-6-20(31)32)17-13-15-18(16-14-17)28(43-25(39)11-3-7-21(33)34)44-26(40)12-4-8-22(35)36/h17-18,27-28H,1-16H2,(H,29,30)(H,31,32)(H,33,34)(H,35,36). The largest absolute Gasteiger partial charge is 0.481 e. The van der Waals surface area contributed by atoms with E-state index in [0.29, 0.717) is 0 Å². The first kappa shape index (κ1) is 37.8. The highest BCUT2D eigenvalue weighted by atomic mass is 16.7. The molecule has 1 aliphatic rings. The van der Waals surface area contributed by atoms with Gasteiger partial charge in [0.25, 0.3) is 0 Å². The van der Waals surface area contributed by atoms with Crippen molar-refractivity contribution in [1.29, 1.82) is 0 Å². The summed E-state index contributed by atoms with van der Waals surface area (Å²) in [6.07, 6.45) is -3.75. The molecule has 44 heavy (non-hydrogen) atoms. The number of ether oxygens (including phenoxy) is 4. The monoisotopic (exact) mass is 632 g/mol. The van der Waals surface area contributed by atoms with Gasteiger partial charge in [-0.15, -0.1) is 0 Å². The average Bonchev–Trinajstić information content (AvgIpc) is 2.91. The van der Waals surface area contributed by atoms with Crippen molar-refractivity contribution in [3.05, 3.63) is 0 Å². The van der Waals surface area contributed by atoms with E-state index in [0.717, 1.165) is 0 Å². The molecule has 0 radical (unpaired) electrons. The van der Waals surface area contributed by atoms with Crippen LogP contribution < -0.4 is 0 Å². The van der Waals surface area contributed by atoms with E-state index < -0.39 is 72.2 Å². The van der Waals surface area contributed by atoms with Crippen LogP contribution in [0.1, 0.15) is 103 Å². The summed E-state index contributed by atoms with van der Waals surface area (Å²) >= 11 is 0. The fraction of sp³-hybridized carbons (Fsp3) is 0.714. The molecule has 0 aromatic carbocycles. The molecular weight excluding hydrogens is 592 g/mol. The third-order valence-electron chi connectivity index (χ3n) is 6.66. The lowest BCUT2D eigenvalue weighted by Gasteiger charge is -2.35. The molecule has 0 heterocycles. The normalized spacial score (nSPS) is 16.1. The molecule has 0 aromatic heterocycles. The van der Waals surface area contributed by atoms with Gasteiger partial charge < -0.3 is 39.4 Å². The fourth-order valence-electron chi connectivity index (χ4n) is 4.41. The minimum absolute atomic E-state index is 0.00245. The number of hydrogen-bond acceptors (Lipinski definition) is 12. The molecule has 1 fully saturated rings. The van der Waals surface area contributed by atoms with Crippen LogP contribution in [-0.2, 0) is 57.3 Å². The molecule has 248 valence electrons. The van der Waals surface area contributed by atoms with E-state index in [4.69, 9.17) is 39.4 Å². The lowest BCUT2D eigenvalue weighted by Crippen LogP contribution is -2.38. The van der Waals surface area contributed by atoms with Crippen LogP contribution in [0.25, 0.3) is 0 Å². The summed E-state index contributed by atoms with van der Waals surface area (Å²) in [6, 6.07) is 0. The van der Waals surface area contributed by atoms with Crippen LogP contribution in [0.3, 0.4) is 0 Å². The third-order valence-corrected chi connectivity index (χ3v) is 6.66. The zero-order valence-corrected chi connectivity index (χ0v) is 24.3. The van der Waals surface area contributed by atoms with Gasteiger partial charge in [0.2, 0.25) is 12.6 Å². The van der Waals surface area contributed by atoms with Crippen molar-refractivity contribution in [2.75, 3.05) is 0 Å². The second-order valence-electron chi connectivity index (χ2n) is 10.4. The molecule has 0 aliphatic heterocycles. The average molecular weight is 633 g/mol. The molecule has 0 saturated heterocycles. The first-order valence-corrected chi connectivity index (χ1v) is 14.4. The van der Waals surface area contributed by atoms with Crippen molar-refractivity contribution in [2.45, 2.75) is 115 Å². The summed E-state index contributed by atoms with van der Waals surface area (Å²) in [5.41, 5.74) is 0. The molecule has 1 aliphatic carbocycles. The Morgan fingerprint density at radius 2 is 0.614 bits per heavy atom. The number of aliphatic carboxylic acids is 4. The van der Waals surface area contributed by atoms with E-state index in [9.17, 15) is 38.4 Å². The molecule has 0 aromatic rings. The summed E-state index contributed by atoms with van der Waals surface area (Å²) in [7, 11) is 0. The van der Waals surface area contributed by atoms with Crippen LogP contribution in [0.15, 0.2) is 0 Å². The van der Waals surface area contributed by atoms with E-state index in [2.05, 4.69) is 0 Å². The van der Waals surface area contributed by atoms with Crippen molar-refractivity contribution in [2.24, 2.45) is 11.8 Å². The highest BCUT2D eigenvalue weighted by Crippen LogP contribution is 2.36. The van der Waals surface area contributed by atoms with Crippen LogP contribution >= 0.6 is 0 Å². The van der Waals surface area contributed by atoms with Gasteiger partial charge in [0.15, 0.2) is 0 Å². The SMILES string of the molecule is O=C(O)CCCC(=O)OC(OC(=O)CCCC(=O)O)C1CCC(C(OC(=O)CCCC(=O)O)OC(=O)CCCC(=O)O)CC1. The maximum Gasteiger partial charge on any atom is 0.308 e. The molecule has 0 atom stereocenters. The Balaban J connectivity index is 2.91. The number of carboxylic acids is 4. The van der Waals surface area contributed by atoms with E-state index in [1.807, 2.05) is 0 Å². The van der Waals surface area contributed by atoms with Gasteiger partial charge in [0.1, 0.15) is 0 Å². The minimum atomic E-state index is -1.35. The maximum atomic E-state index is 12.4. The van der Waals surface area contributed by atoms with Gasteiger partial charge >= 0.3 is 47.8 Å². The minimum Gasteiger partial charge on any atom is -0.481 e. The van der Waals surface area contributed by atoms with Crippen molar-refractivity contribution in [1.82, 2.24) is 0 Å². The van der Waals surface area contributed by atoms with Crippen molar-refractivity contribution in [3.63, 3.8) is 0 Å². The van der Waals surface area contributed by atoms with Gasteiger partial charge in [-0.3, -0.25) is 38.4 Å². The number of esters is 4. The van der Waals surface area contributed by atoms with Crippen molar-refractivity contribution >= 4 is 47.8 Å². The molecule has 0 amide bonds. The second kappa shape index (κ2) is 20.6. The first-order valence-electron chi connectivity index (χ1n) is 14.4. The number of hydrogen-bond donors (Lipinski definition) is 4. The Labute approximate surface area is 253 Å². The van der Waals surface area contributed by atoms with Gasteiger partial charge in [-0.1, -0.05) is 0 Å². The summed E-state index contributed by atoms with van der Waals surface area (Å²) in [5.74, 6) is -8.63. The van der Waals surface area contributed by atoms with E-state index in [1.54, 1.807) is 0 Å². The predicted octanol–water partition coefficient (Wildman–Crippen LogP) is 2.64. The predicted molar refractivity (Wildman–Crippen MR) is 143 cm³/mol. The summed E-state index contributed by atoms with van der Waals surface area (Å²) in [4.78, 5) is 92.4. The Bertz CT molecular complexity index is 865. The smallest absolute Gasteiger partial charge is 0.308 e. The quantitative estimate of drug-likeness (QED) is 0.0988. The molecule has 0 unspecified atom stereocenters. The van der Waals surface area contributed by atoms with Crippen LogP contribution in [0.5, 0.6) is 0 Å².